The fourth-order valence-electron chi connectivity index (χ4n) is 2.20. The summed E-state index contributed by atoms with van der Waals surface area (Å²) in [5.41, 5.74) is 13.4. The second-order valence-corrected chi connectivity index (χ2v) is 5.24. The van der Waals surface area contributed by atoms with Gasteiger partial charge in [-0.1, -0.05) is 0 Å². The molecule has 0 bridgehead atoms. The Morgan fingerprint density at radius 1 is 1.20 bits per heavy atom. The zero-order valence-corrected chi connectivity index (χ0v) is 13.2. The first-order valence-corrected chi connectivity index (χ1v) is 7.27. The fraction of sp³-hybridized carbons (Fsp3) is 0.429. The van der Waals surface area contributed by atoms with E-state index >= 15 is 0 Å². The maximum absolute atomic E-state index is 12.8. The molecule has 8 N–H and O–H groups in total. The molecule has 0 atom stereocenters. The number of nitrogens with one attached hydrogen (secondary N) is 2. The van der Waals surface area contributed by atoms with E-state index in [9.17, 15) is 22.8 Å². The second-order valence-electron chi connectivity index (χ2n) is 5.24. The molecule has 0 spiro atoms. The minimum Gasteiger partial charge on any atom is -0.394 e. The summed E-state index contributed by atoms with van der Waals surface area (Å²) in [7, 11) is 0. The maximum atomic E-state index is 12.8. The lowest BCUT2D eigenvalue weighted by Crippen LogP contribution is -2.33. The van der Waals surface area contributed by atoms with Crippen LogP contribution in [0.2, 0.25) is 0 Å². The third-order valence-electron chi connectivity index (χ3n) is 3.46. The Bertz CT molecular complexity index is 664. The van der Waals surface area contributed by atoms with Crippen molar-refractivity contribution >= 4 is 23.7 Å². The van der Waals surface area contributed by atoms with Crippen molar-refractivity contribution in [3.8, 4) is 0 Å². The van der Waals surface area contributed by atoms with Crippen LogP contribution in [0.4, 0.5) is 13.2 Å². The van der Waals surface area contributed by atoms with Crippen LogP contribution < -0.4 is 22.5 Å². The van der Waals surface area contributed by atoms with Crippen molar-refractivity contribution in [3.63, 3.8) is 0 Å². The molecular weight excluding hydrogens is 341 g/mol. The quantitative estimate of drug-likeness (QED) is 0.350. The average molecular weight is 360 g/mol. The summed E-state index contributed by atoms with van der Waals surface area (Å²) in [5.74, 6) is -1.79. The summed E-state index contributed by atoms with van der Waals surface area (Å²) in [4.78, 5) is 26.7. The number of aliphatic imine (C=N–C) groups is 1. The number of carbonyl (C=O) groups excluding carboxylic acids is 2. The van der Waals surface area contributed by atoms with Gasteiger partial charge in [0.2, 0.25) is 5.91 Å². The van der Waals surface area contributed by atoms with E-state index < -0.39 is 35.9 Å². The smallest absolute Gasteiger partial charge is 0.394 e. The lowest BCUT2D eigenvalue weighted by molar-refractivity contribution is -0.118. The van der Waals surface area contributed by atoms with E-state index in [1.807, 2.05) is 0 Å². The first-order chi connectivity index (χ1) is 11.6. The Hall–Kier alpha value is -2.85. The van der Waals surface area contributed by atoms with Crippen LogP contribution >= 0.6 is 0 Å². The largest absolute Gasteiger partial charge is 0.431 e. The molecule has 11 heteroatoms. The summed E-state index contributed by atoms with van der Waals surface area (Å²) in [6, 6.07) is 0. The van der Waals surface area contributed by atoms with Gasteiger partial charge in [-0.2, -0.15) is 13.2 Å². The Morgan fingerprint density at radius 3 is 2.32 bits per heavy atom. The number of amides is 2. The normalized spacial score (nSPS) is 19.9. The molecule has 0 radical (unpaired) electrons. The lowest BCUT2D eigenvalue weighted by atomic mass is 9.91. The molecule has 1 aliphatic carbocycles. The first-order valence-electron chi connectivity index (χ1n) is 7.27. The highest BCUT2D eigenvalue weighted by Gasteiger charge is 2.35. The van der Waals surface area contributed by atoms with E-state index in [4.69, 9.17) is 22.6 Å². The van der Waals surface area contributed by atoms with Crippen molar-refractivity contribution in [2.24, 2.45) is 22.2 Å². The number of allylic oxidation sites excluding steroid dienone is 3. The van der Waals surface area contributed by atoms with Gasteiger partial charge in [-0.3, -0.25) is 14.6 Å². The number of hydrogen-bond donors (Lipinski definition) is 5. The Labute approximate surface area is 141 Å². The van der Waals surface area contributed by atoms with Gasteiger partial charge in [-0.05, 0) is 25.7 Å². The monoisotopic (exact) mass is 360 g/mol. The molecule has 0 heterocycles. The highest BCUT2D eigenvalue weighted by Crippen LogP contribution is 2.30. The lowest BCUT2D eigenvalue weighted by Gasteiger charge is -2.20. The Morgan fingerprint density at radius 2 is 1.80 bits per heavy atom. The number of nitrogens with two attached hydrogens (primary N) is 3. The molecule has 0 unspecified atom stereocenters. The van der Waals surface area contributed by atoms with Gasteiger partial charge in [0.1, 0.15) is 17.9 Å². The molecule has 1 rings (SSSR count). The average Bonchev–Trinajstić information content (AvgIpc) is 2.55. The van der Waals surface area contributed by atoms with Gasteiger partial charge in [0.25, 0.3) is 5.91 Å². The van der Waals surface area contributed by atoms with Gasteiger partial charge >= 0.3 is 6.18 Å². The molecule has 25 heavy (non-hydrogen) atoms. The fourth-order valence-corrected chi connectivity index (χ4v) is 2.20. The summed E-state index contributed by atoms with van der Waals surface area (Å²) >= 11 is 0. The number of nitrogens with zero attached hydrogens (tertiary/aromatic N) is 1. The van der Waals surface area contributed by atoms with Crippen LogP contribution in [0.3, 0.4) is 0 Å². The van der Waals surface area contributed by atoms with E-state index in [0.29, 0.717) is 19.1 Å². The zero-order chi connectivity index (χ0) is 19.2. The minimum absolute atomic E-state index is 0.106. The van der Waals surface area contributed by atoms with Crippen molar-refractivity contribution in [3.05, 3.63) is 22.7 Å². The van der Waals surface area contributed by atoms with Crippen LogP contribution in [-0.4, -0.2) is 36.5 Å². The number of halogens is 3. The predicted molar refractivity (Wildman–Crippen MR) is 85.4 cm³/mol. The number of primary amides is 1. The highest BCUT2D eigenvalue weighted by molar-refractivity contribution is 6.03. The van der Waals surface area contributed by atoms with Crippen LogP contribution in [0, 0.1) is 5.41 Å². The highest BCUT2D eigenvalue weighted by atomic mass is 19.4. The van der Waals surface area contributed by atoms with Gasteiger partial charge in [0, 0.05) is 17.5 Å². The second kappa shape index (κ2) is 8.31. The van der Waals surface area contributed by atoms with Crippen molar-refractivity contribution in [2.45, 2.75) is 31.9 Å². The molecule has 138 valence electrons. The SMILES string of the molecule is N=C/C(NC(=O)CN=C1CCCCC1=C(N)C(F)(F)F)=C(\N)C(N)=O. The molecule has 1 saturated carbocycles. The van der Waals surface area contributed by atoms with Crippen molar-refractivity contribution < 1.29 is 22.8 Å². The van der Waals surface area contributed by atoms with E-state index in [0.717, 1.165) is 0 Å². The molecule has 8 nitrogen and oxygen atoms in total. The zero-order valence-electron chi connectivity index (χ0n) is 13.2. The van der Waals surface area contributed by atoms with E-state index in [1.54, 1.807) is 0 Å². The van der Waals surface area contributed by atoms with Gasteiger partial charge in [-0.15, -0.1) is 0 Å². The molecule has 0 aliphatic heterocycles. The molecule has 0 aromatic heterocycles. The molecule has 0 aromatic carbocycles. The topological polar surface area (TPSA) is 160 Å². The molecular formula is C14H19F3N6O2. The first kappa shape index (κ1) is 20.2. The van der Waals surface area contributed by atoms with E-state index in [-0.39, 0.29) is 29.8 Å². The van der Waals surface area contributed by atoms with Crippen LogP contribution in [0.1, 0.15) is 25.7 Å². The van der Waals surface area contributed by atoms with Crippen LogP contribution in [0.5, 0.6) is 0 Å². The summed E-state index contributed by atoms with van der Waals surface area (Å²) in [6.45, 7) is -0.507. The molecule has 0 aromatic rings. The summed E-state index contributed by atoms with van der Waals surface area (Å²) < 4.78 is 38.3. The minimum atomic E-state index is -4.66. The standard InChI is InChI=1S/C14H19F3N6O2/c15-14(16,17)12(20)7-3-1-2-4-8(7)22-6-10(24)23-9(5-18)11(19)13(21)25/h5,18H,1-4,6,19-20H2,(H2,21,25)(H,23,24)/b11-9+,12-7?,18-5?,22-8?. The molecule has 2 amide bonds. The van der Waals surface area contributed by atoms with Gasteiger partial charge in [0.15, 0.2) is 0 Å². The molecule has 1 fully saturated rings. The van der Waals surface area contributed by atoms with E-state index in [2.05, 4.69) is 10.3 Å². The number of carbonyl (C=O) groups is 2. The third kappa shape index (κ3) is 5.62. The van der Waals surface area contributed by atoms with E-state index in [1.165, 1.54) is 0 Å². The van der Waals surface area contributed by atoms with Gasteiger partial charge in [-0.25, -0.2) is 0 Å². The summed E-state index contributed by atoms with van der Waals surface area (Å²) in [5, 5.41) is 9.25. The predicted octanol–water partition coefficient (Wildman–Crippen LogP) is 0.198. The van der Waals surface area contributed by atoms with Crippen LogP contribution in [-0.2, 0) is 9.59 Å². The number of alkyl halides is 3. The van der Waals surface area contributed by atoms with Crippen molar-refractivity contribution in [1.82, 2.24) is 5.32 Å². The van der Waals surface area contributed by atoms with Crippen molar-refractivity contribution in [1.29, 1.82) is 5.41 Å². The molecule has 1 aliphatic rings. The van der Waals surface area contributed by atoms with Gasteiger partial charge in [0.05, 0.1) is 5.70 Å². The third-order valence-corrected chi connectivity index (χ3v) is 3.46. The number of hydrogen-bond acceptors (Lipinski definition) is 6. The Balaban J connectivity index is 2.95. The molecule has 0 saturated heterocycles. The Kier molecular flexibility index (Phi) is 6.71. The van der Waals surface area contributed by atoms with Gasteiger partial charge < -0.3 is 27.9 Å². The maximum Gasteiger partial charge on any atom is 0.431 e. The number of rotatable bonds is 5. The van der Waals surface area contributed by atoms with Crippen LogP contribution in [0.15, 0.2) is 27.7 Å². The summed E-state index contributed by atoms with van der Waals surface area (Å²) in [6.07, 6.45) is -2.45. The van der Waals surface area contributed by atoms with Crippen LogP contribution in [0.25, 0.3) is 0 Å². The van der Waals surface area contributed by atoms with Crippen molar-refractivity contribution in [2.75, 3.05) is 6.54 Å².